The molecule has 4 atom stereocenters. The van der Waals surface area contributed by atoms with Crippen LogP contribution in [0.3, 0.4) is 0 Å². The molecule has 4 heteroatoms. The van der Waals surface area contributed by atoms with Crippen molar-refractivity contribution in [1.82, 2.24) is 9.88 Å². The fourth-order valence-corrected chi connectivity index (χ4v) is 4.97. The van der Waals surface area contributed by atoms with Crippen molar-refractivity contribution in [3.8, 4) is 0 Å². The molecule has 3 nitrogen and oxygen atoms in total. The second kappa shape index (κ2) is 6.60. The molecule has 4 rings (SSSR count). The van der Waals surface area contributed by atoms with Crippen LogP contribution in [0.5, 0.6) is 0 Å². The average Bonchev–Trinajstić information content (AvgIpc) is 3.43. The third kappa shape index (κ3) is 2.95. The van der Waals surface area contributed by atoms with Gasteiger partial charge in [0.25, 0.3) is 0 Å². The topological polar surface area (TPSA) is 33.2 Å². The zero-order chi connectivity index (χ0) is 16.5. The maximum atomic E-state index is 13.2. The number of carbonyl (C=O) groups is 1. The SMILES string of the molecule is C[C@@H]1SCCN(C(=O)[C@@H]2C[C@@H]2c2cccnc2)[C@H]1c1ccccc1. The van der Waals surface area contributed by atoms with Gasteiger partial charge < -0.3 is 4.90 Å². The van der Waals surface area contributed by atoms with Gasteiger partial charge in [-0.15, -0.1) is 0 Å². The second-order valence-electron chi connectivity index (χ2n) is 6.70. The predicted octanol–water partition coefficient (Wildman–Crippen LogP) is 3.89. The molecule has 0 spiro atoms. The Labute approximate surface area is 147 Å². The molecule has 1 amide bonds. The number of amides is 1. The van der Waals surface area contributed by atoms with Crippen LogP contribution in [0, 0.1) is 5.92 Å². The summed E-state index contributed by atoms with van der Waals surface area (Å²) < 4.78 is 0. The summed E-state index contributed by atoms with van der Waals surface area (Å²) in [5.74, 6) is 1.84. The van der Waals surface area contributed by atoms with E-state index in [-0.39, 0.29) is 12.0 Å². The van der Waals surface area contributed by atoms with Crippen molar-refractivity contribution in [1.29, 1.82) is 0 Å². The van der Waals surface area contributed by atoms with Gasteiger partial charge in [0.05, 0.1) is 6.04 Å². The molecule has 124 valence electrons. The Morgan fingerprint density at radius 3 is 2.71 bits per heavy atom. The number of rotatable bonds is 3. The van der Waals surface area contributed by atoms with E-state index in [9.17, 15) is 4.79 Å². The van der Waals surface area contributed by atoms with Crippen molar-refractivity contribution in [2.45, 2.75) is 30.6 Å². The maximum Gasteiger partial charge on any atom is 0.226 e. The number of hydrogen-bond acceptors (Lipinski definition) is 3. The molecule has 2 aliphatic rings. The minimum atomic E-state index is 0.135. The second-order valence-corrected chi connectivity index (χ2v) is 8.18. The van der Waals surface area contributed by atoms with Crippen LogP contribution < -0.4 is 0 Å². The van der Waals surface area contributed by atoms with Gasteiger partial charge in [-0.1, -0.05) is 43.3 Å². The van der Waals surface area contributed by atoms with Crippen molar-refractivity contribution in [3.05, 3.63) is 66.0 Å². The quantitative estimate of drug-likeness (QED) is 0.851. The zero-order valence-corrected chi connectivity index (χ0v) is 14.7. The minimum absolute atomic E-state index is 0.135. The van der Waals surface area contributed by atoms with E-state index in [4.69, 9.17) is 0 Å². The van der Waals surface area contributed by atoms with E-state index in [0.29, 0.717) is 17.1 Å². The molecule has 0 N–H and O–H groups in total. The van der Waals surface area contributed by atoms with Crippen LogP contribution in [0.1, 0.15) is 36.4 Å². The van der Waals surface area contributed by atoms with Crippen molar-refractivity contribution < 1.29 is 4.79 Å². The van der Waals surface area contributed by atoms with Gasteiger partial charge in [0.1, 0.15) is 0 Å². The van der Waals surface area contributed by atoms with Gasteiger partial charge in [-0.25, -0.2) is 0 Å². The molecule has 0 radical (unpaired) electrons. The van der Waals surface area contributed by atoms with Gasteiger partial charge in [0.15, 0.2) is 0 Å². The summed E-state index contributed by atoms with van der Waals surface area (Å²) in [4.78, 5) is 19.5. The average molecular weight is 338 g/mol. The fourth-order valence-electron chi connectivity index (χ4n) is 3.81. The molecule has 1 saturated heterocycles. The molecule has 1 aliphatic heterocycles. The Morgan fingerprint density at radius 2 is 1.96 bits per heavy atom. The highest BCUT2D eigenvalue weighted by atomic mass is 32.2. The highest BCUT2D eigenvalue weighted by Gasteiger charge is 2.48. The number of hydrogen-bond donors (Lipinski definition) is 0. The maximum absolute atomic E-state index is 13.2. The first-order chi connectivity index (χ1) is 11.8. The first-order valence-electron chi connectivity index (χ1n) is 8.62. The normalized spacial score (nSPS) is 29.3. The summed E-state index contributed by atoms with van der Waals surface area (Å²) in [7, 11) is 0. The lowest BCUT2D eigenvalue weighted by Crippen LogP contribution is -2.44. The molecule has 1 aromatic carbocycles. The van der Waals surface area contributed by atoms with Crippen LogP contribution in [0.25, 0.3) is 0 Å². The number of nitrogens with zero attached hydrogens (tertiary/aromatic N) is 2. The Hall–Kier alpha value is -1.81. The monoisotopic (exact) mass is 338 g/mol. The number of benzene rings is 1. The molecule has 2 fully saturated rings. The van der Waals surface area contributed by atoms with Crippen molar-refractivity contribution in [2.24, 2.45) is 5.92 Å². The molecule has 1 aromatic heterocycles. The van der Waals surface area contributed by atoms with Crippen molar-refractivity contribution in [2.75, 3.05) is 12.3 Å². The van der Waals surface area contributed by atoms with E-state index in [1.807, 2.05) is 30.1 Å². The van der Waals surface area contributed by atoms with Gasteiger partial charge in [-0.2, -0.15) is 11.8 Å². The van der Waals surface area contributed by atoms with Gasteiger partial charge in [0, 0.05) is 35.9 Å². The Bertz CT molecular complexity index is 706. The predicted molar refractivity (Wildman–Crippen MR) is 97.9 cm³/mol. The van der Waals surface area contributed by atoms with E-state index in [1.54, 1.807) is 6.20 Å². The van der Waals surface area contributed by atoms with E-state index in [1.165, 1.54) is 11.1 Å². The van der Waals surface area contributed by atoms with Gasteiger partial charge >= 0.3 is 0 Å². The summed E-state index contributed by atoms with van der Waals surface area (Å²) in [6.45, 7) is 3.09. The summed E-state index contributed by atoms with van der Waals surface area (Å²) in [5, 5.41) is 0.431. The smallest absolute Gasteiger partial charge is 0.226 e. The fraction of sp³-hybridized carbons (Fsp3) is 0.400. The van der Waals surface area contributed by atoms with Gasteiger partial charge in [0.2, 0.25) is 5.91 Å². The van der Waals surface area contributed by atoms with E-state index in [0.717, 1.165) is 18.7 Å². The van der Waals surface area contributed by atoms with E-state index < -0.39 is 0 Å². The third-order valence-electron chi connectivity index (χ3n) is 5.14. The molecular weight excluding hydrogens is 316 g/mol. The van der Waals surface area contributed by atoms with Crippen molar-refractivity contribution >= 4 is 17.7 Å². The highest BCUT2D eigenvalue weighted by molar-refractivity contribution is 8.00. The Balaban J connectivity index is 1.54. The number of carbonyl (C=O) groups excluding carboxylic acids is 1. The molecule has 0 bridgehead atoms. The van der Waals surface area contributed by atoms with Gasteiger partial charge in [-0.3, -0.25) is 9.78 Å². The lowest BCUT2D eigenvalue weighted by atomic mass is 10.0. The molecule has 0 unspecified atom stereocenters. The zero-order valence-electron chi connectivity index (χ0n) is 13.8. The van der Waals surface area contributed by atoms with Crippen LogP contribution in [0.4, 0.5) is 0 Å². The van der Waals surface area contributed by atoms with E-state index in [2.05, 4.69) is 47.1 Å². The molecule has 24 heavy (non-hydrogen) atoms. The summed E-state index contributed by atoms with van der Waals surface area (Å²) in [6.07, 6.45) is 4.66. The molecular formula is C20H22N2OS. The Morgan fingerprint density at radius 1 is 1.17 bits per heavy atom. The molecule has 1 aliphatic carbocycles. The number of pyridine rings is 1. The van der Waals surface area contributed by atoms with Gasteiger partial charge in [-0.05, 0) is 29.5 Å². The third-order valence-corrected chi connectivity index (χ3v) is 6.34. The molecule has 2 aromatic rings. The van der Waals surface area contributed by atoms with Crippen LogP contribution in [-0.4, -0.2) is 33.3 Å². The van der Waals surface area contributed by atoms with Crippen LogP contribution in [0.15, 0.2) is 54.9 Å². The Kier molecular flexibility index (Phi) is 4.31. The number of thioether (sulfide) groups is 1. The summed E-state index contributed by atoms with van der Waals surface area (Å²) >= 11 is 1.97. The summed E-state index contributed by atoms with van der Waals surface area (Å²) in [5.41, 5.74) is 2.45. The lowest BCUT2D eigenvalue weighted by molar-refractivity contribution is -0.135. The van der Waals surface area contributed by atoms with Crippen LogP contribution in [-0.2, 0) is 4.79 Å². The van der Waals surface area contributed by atoms with Crippen LogP contribution in [0.2, 0.25) is 0 Å². The molecule has 1 saturated carbocycles. The standard InChI is InChI=1S/C20H22N2OS/c1-14-19(15-6-3-2-4-7-15)22(10-11-24-14)20(23)18-12-17(18)16-8-5-9-21-13-16/h2-9,13-14,17-19H,10-12H2,1H3/t14-,17+,18+,19+/m0/s1. The first kappa shape index (κ1) is 15.7. The van der Waals surface area contributed by atoms with Crippen LogP contribution >= 0.6 is 11.8 Å². The summed E-state index contributed by atoms with van der Waals surface area (Å²) in [6, 6.07) is 14.7. The minimum Gasteiger partial charge on any atom is -0.333 e. The highest BCUT2D eigenvalue weighted by Crippen LogP contribution is 2.50. The van der Waals surface area contributed by atoms with E-state index >= 15 is 0 Å². The first-order valence-corrected chi connectivity index (χ1v) is 9.67. The van der Waals surface area contributed by atoms with Crippen molar-refractivity contribution in [3.63, 3.8) is 0 Å². The lowest BCUT2D eigenvalue weighted by Gasteiger charge is -2.40. The largest absolute Gasteiger partial charge is 0.333 e. The molecule has 2 heterocycles. The number of aromatic nitrogens is 1.